The van der Waals surface area contributed by atoms with Crippen LogP contribution in [0.15, 0.2) is 18.2 Å². The number of hydrogen-bond acceptors (Lipinski definition) is 2. The highest BCUT2D eigenvalue weighted by Crippen LogP contribution is 2.27. The predicted molar refractivity (Wildman–Crippen MR) is 79.1 cm³/mol. The van der Waals surface area contributed by atoms with Gasteiger partial charge >= 0.3 is 0 Å². The molecular weight excluding hydrogens is 283 g/mol. The van der Waals surface area contributed by atoms with Crippen LogP contribution in [0.3, 0.4) is 0 Å². The standard InChI is InChI=1S/C14H18Cl2N2O/c1-18(10-4-3-8-17-9-7-10)14(19)11-5-2-6-12(15)13(11)16/h2,5-6,10,17H,3-4,7-9H2,1H3. The fourth-order valence-corrected chi connectivity index (χ4v) is 2.79. The van der Waals surface area contributed by atoms with Gasteiger partial charge in [0.1, 0.15) is 0 Å². The maximum Gasteiger partial charge on any atom is 0.255 e. The van der Waals surface area contributed by atoms with Crippen LogP contribution in [-0.4, -0.2) is 37.0 Å². The summed E-state index contributed by atoms with van der Waals surface area (Å²) < 4.78 is 0. The lowest BCUT2D eigenvalue weighted by Crippen LogP contribution is -2.37. The highest BCUT2D eigenvalue weighted by molar-refractivity contribution is 6.43. The van der Waals surface area contributed by atoms with E-state index >= 15 is 0 Å². The maximum atomic E-state index is 12.5. The van der Waals surface area contributed by atoms with Crippen LogP contribution in [0, 0.1) is 0 Å². The normalized spacial score (nSPS) is 19.8. The Morgan fingerprint density at radius 2 is 2.11 bits per heavy atom. The molecule has 1 aromatic carbocycles. The Morgan fingerprint density at radius 3 is 2.89 bits per heavy atom. The van der Waals surface area contributed by atoms with Crippen LogP contribution in [0.2, 0.25) is 10.0 Å². The molecule has 0 bridgehead atoms. The number of halogens is 2. The molecular formula is C14H18Cl2N2O. The molecule has 1 aliphatic heterocycles. The van der Waals surface area contributed by atoms with Crippen molar-refractivity contribution in [2.45, 2.75) is 25.3 Å². The molecule has 0 spiro atoms. The summed E-state index contributed by atoms with van der Waals surface area (Å²) in [5, 5.41) is 4.11. The Hall–Kier alpha value is -0.770. The second kappa shape index (κ2) is 6.60. The second-order valence-corrected chi connectivity index (χ2v) is 5.64. The molecule has 1 aromatic rings. The summed E-state index contributed by atoms with van der Waals surface area (Å²) in [5.41, 5.74) is 0.480. The van der Waals surface area contributed by atoms with Gasteiger partial charge in [0.25, 0.3) is 5.91 Å². The van der Waals surface area contributed by atoms with Crippen LogP contribution in [0.4, 0.5) is 0 Å². The second-order valence-electron chi connectivity index (χ2n) is 4.85. The topological polar surface area (TPSA) is 32.3 Å². The van der Waals surface area contributed by atoms with Crippen LogP contribution >= 0.6 is 23.2 Å². The van der Waals surface area contributed by atoms with E-state index in [1.54, 1.807) is 23.1 Å². The lowest BCUT2D eigenvalue weighted by atomic mass is 10.1. The Balaban J connectivity index is 2.15. The van der Waals surface area contributed by atoms with Gasteiger partial charge in [-0.25, -0.2) is 0 Å². The van der Waals surface area contributed by atoms with Gasteiger partial charge in [-0.15, -0.1) is 0 Å². The van der Waals surface area contributed by atoms with E-state index in [-0.39, 0.29) is 11.9 Å². The molecule has 0 saturated carbocycles. The summed E-state index contributed by atoms with van der Waals surface area (Å²) in [7, 11) is 1.84. The summed E-state index contributed by atoms with van der Waals surface area (Å²) >= 11 is 12.1. The minimum absolute atomic E-state index is 0.0561. The van der Waals surface area contributed by atoms with Crippen LogP contribution in [0.5, 0.6) is 0 Å². The van der Waals surface area contributed by atoms with Gasteiger partial charge in [0.05, 0.1) is 15.6 Å². The first-order valence-electron chi connectivity index (χ1n) is 6.53. The van der Waals surface area contributed by atoms with Crippen LogP contribution < -0.4 is 5.32 Å². The van der Waals surface area contributed by atoms with Crippen molar-refractivity contribution in [1.82, 2.24) is 10.2 Å². The van der Waals surface area contributed by atoms with Gasteiger partial charge in [0.2, 0.25) is 0 Å². The van der Waals surface area contributed by atoms with Crippen molar-refractivity contribution in [3.8, 4) is 0 Å². The van der Waals surface area contributed by atoms with Crippen molar-refractivity contribution < 1.29 is 4.79 Å². The third kappa shape index (κ3) is 3.41. The molecule has 1 saturated heterocycles. The molecule has 1 amide bonds. The number of carbonyl (C=O) groups is 1. The van der Waals surface area contributed by atoms with E-state index in [4.69, 9.17) is 23.2 Å². The minimum atomic E-state index is -0.0561. The molecule has 0 aromatic heterocycles. The Bertz CT molecular complexity index is 457. The average Bonchev–Trinajstić information content (AvgIpc) is 2.69. The predicted octanol–water partition coefficient (Wildman–Crippen LogP) is 3.21. The number of nitrogens with zero attached hydrogens (tertiary/aromatic N) is 1. The van der Waals surface area contributed by atoms with E-state index in [1.807, 2.05) is 7.05 Å². The Labute approximate surface area is 123 Å². The molecule has 1 aliphatic rings. The van der Waals surface area contributed by atoms with Gasteiger partial charge in [-0.1, -0.05) is 29.3 Å². The van der Waals surface area contributed by atoms with Gasteiger partial charge in [-0.2, -0.15) is 0 Å². The zero-order valence-electron chi connectivity index (χ0n) is 11.0. The summed E-state index contributed by atoms with van der Waals surface area (Å²) in [6.45, 7) is 1.97. The van der Waals surface area contributed by atoms with Gasteiger partial charge in [-0.3, -0.25) is 4.79 Å². The smallest absolute Gasteiger partial charge is 0.255 e. The van der Waals surface area contributed by atoms with E-state index in [1.165, 1.54) is 0 Å². The lowest BCUT2D eigenvalue weighted by molar-refractivity contribution is 0.0720. The molecule has 3 nitrogen and oxygen atoms in total. The molecule has 1 unspecified atom stereocenters. The van der Waals surface area contributed by atoms with Crippen LogP contribution in [-0.2, 0) is 0 Å². The summed E-state index contributed by atoms with van der Waals surface area (Å²) in [6.07, 6.45) is 3.08. The fourth-order valence-electron chi connectivity index (χ4n) is 2.41. The highest BCUT2D eigenvalue weighted by atomic mass is 35.5. The van der Waals surface area contributed by atoms with Crippen LogP contribution in [0.1, 0.15) is 29.6 Å². The SMILES string of the molecule is CN(C(=O)c1cccc(Cl)c1Cl)C1CCCNCC1. The van der Waals surface area contributed by atoms with Crippen LogP contribution in [0.25, 0.3) is 0 Å². The Kier molecular flexibility index (Phi) is 5.08. The first-order valence-corrected chi connectivity index (χ1v) is 7.28. The lowest BCUT2D eigenvalue weighted by Gasteiger charge is -2.27. The molecule has 19 heavy (non-hydrogen) atoms. The number of benzene rings is 1. The van der Waals surface area contributed by atoms with E-state index in [9.17, 15) is 4.79 Å². The number of carbonyl (C=O) groups excluding carboxylic acids is 1. The number of rotatable bonds is 2. The van der Waals surface area contributed by atoms with Crippen molar-refractivity contribution in [1.29, 1.82) is 0 Å². The first kappa shape index (κ1) is 14.6. The number of hydrogen-bond donors (Lipinski definition) is 1. The van der Waals surface area contributed by atoms with E-state index in [0.717, 1.165) is 32.4 Å². The average molecular weight is 301 g/mol. The quantitative estimate of drug-likeness (QED) is 0.909. The third-order valence-electron chi connectivity index (χ3n) is 3.60. The molecule has 104 valence electrons. The molecule has 0 radical (unpaired) electrons. The molecule has 1 heterocycles. The van der Waals surface area contributed by atoms with Crippen molar-refractivity contribution in [2.24, 2.45) is 0 Å². The van der Waals surface area contributed by atoms with Crippen molar-refractivity contribution >= 4 is 29.1 Å². The van der Waals surface area contributed by atoms with Crippen molar-refractivity contribution in [3.05, 3.63) is 33.8 Å². The number of amides is 1. The maximum absolute atomic E-state index is 12.5. The van der Waals surface area contributed by atoms with Crippen molar-refractivity contribution in [3.63, 3.8) is 0 Å². The minimum Gasteiger partial charge on any atom is -0.339 e. The molecule has 1 N–H and O–H groups in total. The fraction of sp³-hybridized carbons (Fsp3) is 0.500. The van der Waals surface area contributed by atoms with Crippen molar-refractivity contribution in [2.75, 3.05) is 20.1 Å². The molecule has 1 atom stereocenters. The largest absolute Gasteiger partial charge is 0.339 e. The Morgan fingerprint density at radius 1 is 1.32 bits per heavy atom. The zero-order chi connectivity index (χ0) is 13.8. The number of nitrogens with one attached hydrogen (secondary N) is 1. The van der Waals surface area contributed by atoms with E-state index in [0.29, 0.717) is 15.6 Å². The molecule has 5 heteroatoms. The summed E-state index contributed by atoms with van der Waals surface area (Å²) in [6, 6.07) is 5.43. The third-order valence-corrected chi connectivity index (χ3v) is 4.41. The molecule has 1 fully saturated rings. The van der Waals surface area contributed by atoms with E-state index < -0.39 is 0 Å². The summed E-state index contributed by atoms with van der Waals surface area (Å²) in [5.74, 6) is -0.0561. The monoisotopic (exact) mass is 300 g/mol. The summed E-state index contributed by atoms with van der Waals surface area (Å²) in [4.78, 5) is 14.3. The van der Waals surface area contributed by atoms with E-state index in [2.05, 4.69) is 5.32 Å². The zero-order valence-corrected chi connectivity index (χ0v) is 12.5. The first-order chi connectivity index (χ1) is 9.11. The van der Waals surface area contributed by atoms with Gasteiger partial charge < -0.3 is 10.2 Å². The van der Waals surface area contributed by atoms with Gasteiger partial charge in [0, 0.05) is 13.1 Å². The van der Waals surface area contributed by atoms with Gasteiger partial charge in [0.15, 0.2) is 0 Å². The highest BCUT2D eigenvalue weighted by Gasteiger charge is 2.24. The van der Waals surface area contributed by atoms with Gasteiger partial charge in [-0.05, 0) is 44.5 Å². The molecule has 2 rings (SSSR count). The molecule has 0 aliphatic carbocycles.